The second-order valence-corrected chi connectivity index (χ2v) is 15.0. The van der Waals surface area contributed by atoms with Crippen molar-refractivity contribution in [3.05, 3.63) is 200 Å². The molecule has 0 saturated carbocycles. The minimum absolute atomic E-state index is 1.04. The third-order valence-electron chi connectivity index (χ3n) is 10.8. The molecule has 9 aromatic carbocycles. The zero-order valence-corrected chi connectivity index (χ0v) is 30.6. The van der Waals surface area contributed by atoms with Crippen molar-refractivity contribution in [3.8, 4) is 27.4 Å². The lowest BCUT2D eigenvalue weighted by molar-refractivity contribution is 1.18. The highest BCUT2D eigenvalue weighted by Gasteiger charge is 2.21. The number of benzene rings is 9. The number of para-hydroxylation sites is 3. The summed E-state index contributed by atoms with van der Waals surface area (Å²) in [5.41, 5.74) is 11.4. The summed E-state index contributed by atoms with van der Waals surface area (Å²) in [5.74, 6) is 0. The second kappa shape index (κ2) is 12.8. The molecule has 0 N–H and O–H groups in total. The molecule has 11 aromatic rings. The molecule has 2 heterocycles. The molecule has 2 aromatic heterocycles. The fourth-order valence-corrected chi connectivity index (χ4v) is 9.37. The van der Waals surface area contributed by atoms with E-state index in [9.17, 15) is 0 Å². The number of aromatic nitrogens is 2. The zero-order valence-electron chi connectivity index (χ0n) is 29.8. The molecule has 258 valence electrons. The van der Waals surface area contributed by atoms with Crippen LogP contribution >= 0.6 is 11.3 Å². The van der Waals surface area contributed by atoms with Gasteiger partial charge in [0.1, 0.15) is 5.01 Å². The molecule has 11 rings (SSSR count). The molecule has 0 saturated heterocycles. The molecule has 0 bridgehead atoms. The summed E-state index contributed by atoms with van der Waals surface area (Å²) < 4.78 is 3.60. The molecule has 0 atom stereocenters. The Balaban J connectivity index is 1.12. The molecular formula is C51H33N3S. The maximum Gasteiger partial charge on any atom is 0.124 e. The highest BCUT2D eigenvalue weighted by atomic mass is 32.1. The lowest BCUT2D eigenvalue weighted by Crippen LogP contribution is -2.11. The first-order chi connectivity index (χ1) is 27.3. The van der Waals surface area contributed by atoms with Crippen molar-refractivity contribution in [3.63, 3.8) is 0 Å². The predicted octanol–water partition coefficient (Wildman–Crippen LogP) is 14.5. The molecule has 0 aliphatic carbocycles. The molecule has 0 fully saturated rings. The van der Waals surface area contributed by atoms with Gasteiger partial charge in [0.25, 0.3) is 0 Å². The number of fused-ring (bicyclic) bond motifs is 8. The van der Waals surface area contributed by atoms with Gasteiger partial charge in [0.05, 0.1) is 26.9 Å². The van der Waals surface area contributed by atoms with Gasteiger partial charge in [-0.25, -0.2) is 4.98 Å². The standard InChI is InChI=1S/C51H33N3S/c1-4-14-34(15-5-1)41-20-10-12-22-47(41)53(39-26-31-49-45(33-39)43-21-11-13-23-48(43)54(49)37-18-8-3-9-19-37)38-25-28-40-36(32-38)24-27-44-42(40)29-30-46-50(44)55-51(52-46)35-16-6-2-7-17-35/h1-33H. The van der Waals surface area contributed by atoms with Crippen molar-refractivity contribution >= 4 is 82.0 Å². The van der Waals surface area contributed by atoms with Crippen LogP contribution in [0.25, 0.3) is 81.0 Å². The lowest BCUT2D eigenvalue weighted by atomic mass is 9.99. The molecule has 55 heavy (non-hydrogen) atoms. The van der Waals surface area contributed by atoms with E-state index in [1.54, 1.807) is 11.3 Å². The number of hydrogen-bond acceptors (Lipinski definition) is 3. The first kappa shape index (κ1) is 31.5. The van der Waals surface area contributed by atoms with E-state index < -0.39 is 0 Å². The van der Waals surface area contributed by atoms with Gasteiger partial charge in [-0.3, -0.25) is 0 Å². The van der Waals surface area contributed by atoms with Crippen LogP contribution < -0.4 is 4.90 Å². The average Bonchev–Trinajstić information content (AvgIpc) is 3.85. The van der Waals surface area contributed by atoms with E-state index in [4.69, 9.17) is 4.98 Å². The van der Waals surface area contributed by atoms with Crippen LogP contribution in [-0.4, -0.2) is 9.55 Å². The zero-order chi connectivity index (χ0) is 36.3. The van der Waals surface area contributed by atoms with Gasteiger partial charge in [-0.1, -0.05) is 140 Å². The molecule has 0 amide bonds. The number of anilines is 3. The molecule has 0 radical (unpaired) electrons. The number of nitrogens with zero attached hydrogens (tertiary/aromatic N) is 3. The highest BCUT2D eigenvalue weighted by Crippen LogP contribution is 2.45. The minimum atomic E-state index is 1.04. The first-order valence-electron chi connectivity index (χ1n) is 18.6. The Labute approximate surface area is 322 Å². The Kier molecular flexibility index (Phi) is 7.35. The van der Waals surface area contributed by atoms with Crippen molar-refractivity contribution in [1.29, 1.82) is 0 Å². The summed E-state index contributed by atoms with van der Waals surface area (Å²) in [6.45, 7) is 0. The van der Waals surface area contributed by atoms with E-state index in [1.807, 2.05) is 0 Å². The third-order valence-corrected chi connectivity index (χ3v) is 11.9. The maximum absolute atomic E-state index is 5.02. The quantitative estimate of drug-likeness (QED) is 0.160. The summed E-state index contributed by atoms with van der Waals surface area (Å²) in [6.07, 6.45) is 0. The van der Waals surface area contributed by atoms with Crippen molar-refractivity contribution in [2.45, 2.75) is 0 Å². The fraction of sp³-hybridized carbons (Fsp3) is 0. The maximum atomic E-state index is 5.02. The van der Waals surface area contributed by atoms with Crippen LogP contribution in [-0.2, 0) is 0 Å². The lowest BCUT2D eigenvalue weighted by Gasteiger charge is -2.28. The molecule has 4 heteroatoms. The Morgan fingerprint density at radius 1 is 0.436 bits per heavy atom. The molecule has 0 spiro atoms. The van der Waals surface area contributed by atoms with Crippen LogP contribution in [0, 0.1) is 0 Å². The molecular weight excluding hydrogens is 687 g/mol. The third kappa shape index (κ3) is 5.22. The van der Waals surface area contributed by atoms with Crippen LogP contribution in [0.15, 0.2) is 200 Å². The summed E-state index contributed by atoms with van der Waals surface area (Å²) in [4.78, 5) is 7.45. The van der Waals surface area contributed by atoms with Gasteiger partial charge in [-0.2, -0.15) is 0 Å². The SMILES string of the molecule is c1ccc(-c2nc3ccc4c5ccc(N(c6ccc7c(c6)c6ccccc6n7-c6ccccc6)c6ccccc6-c6ccccc6)cc5ccc4c3s2)cc1. The summed E-state index contributed by atoms with van der Waals surface area (Å²) in [5, 5.41) is 8.41. The van der Waals surface area contributed by atoms with Crippen LogP contribution in [0.2, 0.25) is 0 Å². The Bertz CT molecular complexity index is 3200. The molecule has 0 unspecified atom stereocenters. The van der Waals surface area contributed by atoms with Gasteiger partial charge >= 0.3 is 0 Å². The van der Waals surface area contributed by atoms with E-state index >= 15 is 0 Å². The van der Waals surface area contributed by atoms with Gasteiger partial charge in [0.15, 0.2) is 0 Å². The van der Waals surface area contributed by atoms with Crippen LogP contribution in [0.4, 0.5) is 17.1 Å². The fourth-order valence-electron chi connectivity index (χ4n) is 8.28. The first-order valence-corrected chi connectivity index (χ1v) is 19.4. The van der Waals surface area contributed by atoms with E-state index in [2.05, 4.69) is 210 Å². The van der Waals surface area contributed by atoms with Gasteiger partial charge < -0.3 is 9.47 Å². The van der Waals surface area contributed by atoms with E-state index in [0.29, 0.717) is 0 Å². The van der Waals surface area contributed by atoms with Crippen molar-refractivity contribution in [2.24, 2.45) is 0 Å². The van der Waals surface area contributed by atoms with E-state index in [-0.39, 0.29) is 0 Å². The number of thiazole rings is 1. The summed E-state index contributed by atoms with van der Waals surface area (Å²) >= 11 is 1.77. The number of rotatable bonds is 6. The largest absolute Gasteiger partial charge is 0.310 e. The Morgan fingerprint density at radius 2 is 1.07 bits per heavy atom. The monoisotopic (exact) mass is 719 g/mol. The van der Waals surface area contributed by atoms with Gasteiger partial charge in [0.2, 0.25) is 0 Å². The van der Waals surface area contributed by atoms with Crippen molar-refractivity contribution in [2.75, 3.05) is 4.90 Å². The Hall–Kier alpha value is -7.01. The van der Waals surface area contributed by atoms with Gasteiger partial charge in [0, 0.05) is 44.3 Å². The van der Waals surface area contributed by atoms with E-state index in [1.165, 1.54) is 59.2 Å². The van der Waals surface area contributed by atoms with Crippen LogP contribution in [0.1, 0.15) is 0 Å². The second-order valence-electron chi connectivity index (χ2n) is 14.0. The van der Waals surface area contributed by atoms with Crippen molar-refractivity contribution < 1.29 is 0 Å². The van der Waals surface area contributed by atoms with Crippen molar-refractivity contribution in [1.82, 2.24) is 9.55 Å². The van der Waals surface area contributed by atoms with E-state index in [0.717, 1.165) is 38.8 Å². The molecule has 3 nitrogen and oxygen atoms in total. The van der Waals surface area contributed by atoms with Gasteiger partial charge in [-0.05, 0) is 82.4 Å². The van der Waals surface area contributed by atoms with Crippen LogP contribution in [0.3, 0.4) is 0 Å². The smallest absolute Gasteiger partial charge is 0.124 e. The normalized spacial score (nSPS) is 11.6. The van der Waals surface area contributed by atoms with Crippen LogP contribution in [0.5, 0.6) is 0 Å². The highest BCUT2D eigenvalue weighted by molar-refractivity contribution is 7.22. The Morgan fingerprint density at radius 3 is 1.91 bits per heavy atom. The minimum Gasteiger partial charge on any atom is -0.310 e. The summed E-state index contributed by atoms with van der Waals surface area (Å²) in [6, 6.07) is 72.2. The summed E-state index contributed by atoms with van der Waals surface area (Å²) in [7, 11) is 0. The predicted molar refractivity (Wildman–Crippen MR) is 235 cm³/mol. The topological polar surface area (TPSA) is 21.1 Å². The van der Waals surface area contributed by atoms with Gasteiger partial charge in [-0.15, -0.1) is 11.3 Å². The molecule has 0 aliphatic heterocycles. The number of hydrogen-bond donors (Lipinski definition) is 0. The average molecular weight is 720 g/mol. The molecule has 0 aliphatic rings.